The third-order valence-electron chi connectivity index (χ3n) is 3.83. The quantitative estimate of drug-likeness (QED) is 0.873. The van der Waals surface area contributed by atoms with Gasteiger partial charge in [0.25, 0.3) is 0 Å². The van der Waals surface area contributed by atoms with Gasteiger partial charge in [-0.15, -0.1) is 0 Å². The minimum atomic E-state index is -0.445. The van der Waals surface area contributed by atoms with Crippen LogP contribution in [0.2, 0.25) is 5.02 Å². The third-order valence-corrected chi connectivity index (χ3v) is 4.13. The summed E-state index contributed by atoms with van der Waals surface area (Å²) in [7, 11) is 0. The average molecular weight is 311 g/mol. The van der Waals surface area contributed by atoms with E-state index >= 15 is 0 Å². The number of carbonyl (C=O) groups excluding carboxylic acids is 1. The SMILES string of the molecule is CCC1(C(=O)Nc2ccc(OC(C)C)c(Cl)c2)CCCN1. The molecule has 21 heavy (non-hydrogen) atoms. The number of nitrogens with one attached hydrogen (secondary N) is 2. The van der Waals surface area contributed by atoms with Gasteiger partial charge in [-0.1, -0.05) is 18.5 Å². The number of hydrogen-bond donors (Lipinski definition) is 2. The highest BCUT2D eigenvalue weighted by Crippen LogP contribution is 2.30. The van der Waals surface area contributed by atoms with E-state index in [0.717, 1.165) is 25.8 Å². The predicted molar refractivity (Wildman–Crippen MR) is 86.1 cm³/mol. The number of carbonyl (C=O) groups is 1. The van der Waals surface area contributed by atoms with Crippen LogP contribution in [0.4, 0.5) is 5.69 Å². The van der Waals surface area contributed by atoms with E-state index in [4.69, 9.17) is 16.3 Å². The molecule has 1 saturated heterocycles. The number of amides is 1. The van der Waals surface area contributed by atoms with E-state index in [1.165, 1.54) is 0 Å². The lowest BCUT2D eigenvalue weighted by Crippen LogP contribution is -2.50. The number of anilines is 1. The Labute approximate surface area is 131 Å². The van der Waals surface area contributed by atoms with Gasteiger partial charge in [0.05, 0.1) is 16.7 Å². The maximum Gasteiger partial charge on any atom is 0.244 e. The van der Waals surface area contributed by atoms with E-state index in [0.29, 0.717) is 16.5 Å². The summed E-state index contributed by atoms with van der Waals surface area (Å²) in [5.41, 5.74) is 0.252. The molecule has 0 saturated carbocycles. The van der Waals surface area contributed by atoms with Crippen molar-refractivity contribution in [1.82, 2.24) is 5.32 Å². The predicted octanol–water partition coefficient (Wildman–Crippen LogP) is 3.60. The number of rotatable bonds is 5. The van der Waals surface area contributed by atoms with Crippen molar-refractivity contribution in [2.75, 3.05) is 11.9 Å². The molecule has 116 valence electrons. The Hall–Kier alpha value is -1.26. The van der Waals surface area contributed by atoms with Gasteiger partial charge >= 0.3 is 0 Å². The van der Waals surface area contributed by atoms with Crippen LogP contribution in [0.1, 0.15) is 40.0 Å². The molecule has 1 aliphatic heterocycles. The zero-order chi connectivity index (χ0) is 15.5. The monoisotopic (exact) mass is 310 g/mol. The molecule has 4 nitrogen and oxygen atoms in total. The Morgan fingerprint density at radius 1 is 1.52 bits per heavy atom. The maximum absolute atomic E-state index is 12.5. The van der Waals surface area contributed by atoms with Crippen molar-refractivity contribution in [3.63, 3.8) is 0 Å². The Morgan fingerprint density at radius 3 is 2.81 bits per heavy atom. The van der Waals surface area contributed by atoms with Crippen molar-refractivity contribution in [2.24, 2.45) is 0 Å². The second kappa shape index (κ2) is 6.67. The first kappa shape index (κ1) is 16.1. The smallest absolute Gasteiger partial charge is 0.244 e. The first-order valence-electron chi connectivity index (χ1n) is 7.49. The molecule has 1 aromatic carbocycles. The Balaban J connectivity index is 2.09. The van der Waals surface area contributed by atoms with Crippen LogP contribution >= 0.6 is 11.6 Å². The minimum Gasteiger partial charge on any atom is -0.489 e. The second-order valence-electron chi connectivity index (χ2n) is 5.73. The molecule has 1 heterocycles. The standard InChI is InChI=1S/C16H23ClN2O2/c1-4-16(8-5-9-18-16)15(20)19-12-6-7-14(13(17)10-12)21-11(2)3/h6-7,10-11,18H,4-5,8-9H2,1-3H3,(H,19,20). The molecule has 2 rings (SSSR count). The lowest BCUT2D eigenvalue weighted by atomic mass is 9.93. The summed E-state index contributed by atoms with van der Waals surface area (Å²) in [6, 6.07) is 5.34. The van der Waals surface area contributed by atoms with Crippen LogP contribution in [-0.4, -0.2) is 24.1 Å². The lowest BCUT2D eigenvalue weighted by molar-refractivity contribution is -0.122. The maximum atomic E-state index is 12.5. The fourth-order valence-corrected chi connectivity index (χ4v) is 2.87. The number of ether oxygens (including phenoxy) is 1. The summed E-state index contributed by atoms with van der Waals surface area (Å²) in [5, 5.41) is 6.78. The topological polar surface area (TPSA) is 50.4 Å². The fourth-order valence-electron chi connectivity index (χ4n) is 2.64. The molecule has 5 heteroatoms. The molecule has 0 aliphatic carbocycles. The van der Waals surface area contributed by atoms with Crippen LogP contribution in [0.3, 0.4) is 0 Å². The molecule has 0 radical (unpaired) electrons. The van der Waals surface area contributed by atoms with Crippen molar-refractivity contribution in [1.29, 1.82) is 0 Å². The molecule has 1 fully saturated rings. The molecule has 1 unspecified atom stereocenters. The summed E-state index contributed by atoms with van der Waals surface area (Å²) in [6.07, 6.45) is 2.75. The molecule has 1 atom stereocenters. The highest BCUT2D eigenvalue weighted by atomic mass is 35.5. The molecular formula is C16H23ClN2O2. The van der Waals surface area contributed by atoms with E-state index in [9.17, 15) is 4.79 Å². The number of halogens is 1. The van der Waals surface area contributed by atoms with Crippen molar-refractivity contribution >= 4 is 23.2 Å². The van der Waals surface area contributed by atoms with E-state index in [-0.39, 0.29) is 12.0 Å². The van der Waals surface area contributed by atoms with Crippen LogP contribution in [0.25, 0.3) is 0 Å². The largest absolute Gasteiger partial charge is 0.489 e. The Morgan fingerprint density at radius 2 is 2.29 bits per heavy atom. The molecular weight excluding hydrogens is 288 g/mol. The highest BCUT2D eigenvalue weighted by Gasteiger charge is 2.39. The van der Waals surface area contributed by atoms with Gasteiger partial charge in [-0.05, 0) is 57.9 Å². The van der Waals surface area contributed by atoms with Gasteiger partial charge < -0.3 is 15.4 Å². The van der Waals surface area contributed by atoms with Gasteiger partial charge in [-0.2, -0.15) is 0 Å². The van der Waals surface area contributed by atoms with Crippen molar-refractivity contribution < 1.29 is 9.53 Å². The lowest BCUT2D eigenvalue weighted by Gasteiger charge is -2.26. The van der Waals surface area contributed by atoms with Gasteiger partial charge in [0.1, 0.15) is 5.75 Å². The summed E-state index contributed by atoms with van der Waals surface area (Å²) in [4.78, 5) is 12.5. The van der Waals surface area contributed by atoms with Crippen LogP contribution in [0, 0.1) is 0 Å². The third kappa shape index (κ3) is 3.69. The Kier molecular flexibility index (Phi) is 5.12. The summed E-state index contributed by atoms with van der Waals surface area (Å²) < 4.78 is 5.59. The fraction of sp³-hybridized carbons (Fsp3) is 0.562. The zero-order valence-electron chi connectivity index (χ0n) is 12.8. The van der Waals surface area contributed by atoms with Crippen LogP contribution < -0.4 is 15.4 Å². The van der Waals surface area contributed by atoms with Crippen LogP contribution in [0.15, 0.2) is 18.2 Å². The average Bonchev–Trinajstić information content (AvgIpc) is 2.91. The van der Waals surface area contributed by atoms with Gasteiger partial charge in [0.2, 0.25) is 5.91 Å². The Bertz CT molecular complexity index is 511. The van der Waals surface area contributed by atoms with Crippen molar-refractivity contribution in [2.45, 2.75) is 51.7 Å². The zero-order valence-corrected chi connectivity index (χ0v) is 13.6. The van der Waals surface area contributed by atoms with Gasteiger partial charge in [-0.25, -0.2) is 0 Å². The van der Waals surface area contributed by atoms with Gasteiger partial charge in [-0.3, -0.25) is 4.79 Å². The van der Waals surface area contributed by atoms with E-state index < -0.39 is 5.54 Å². The summed E-state index contributed by atoms with van der Waals surface area (Å²) in [6.45, 7) is 6.82. The van der Waals surface area contributed by atoms with Crippen molar-refractivity contribution in [3.8, 4) is 5.75 Å². The molecule has 0 bridgehead atoms. The number of hydrogen-bond acceptors (Lipinski definition) is 3. The second-order valence-corrected chi connectivity index (χ2v) is 6.14. The first-order valence-corrected chi connectivity index (χ1v) is 7.87. The van der Waals surface area contributed by atoms with Crippen LogP contribution in [0.5, 0.6) is 5.75 Å². The molecule has 0 spiro atoms. The first-order chi connectivity index (χ1) is 9.97. The molecule has 1 aliphatic rings. The summed E-state index contributed by atoms with van der Waals surface area (Å²) >= 11 is 6.19. The summed E-state index contributed by atoms with van der Waals surface area (Å²) in [5.74, 6) is 0.643. The molecule has 1 aromatic rings. The van der Waals surface area contributed by atoms with E-state index in [1.54, 1.807) is 12.1 Å². The van der Waals surface area contributed by atoms with Gasteiger partial charge in [0, 0.05) is 5.69 Å². The normalized spacial score (nSPS) is 21.6. The highest BCUT2D eigenvalue weighted by molar-refractivity contribution is 6.32. The van der Waals surface area contributed by atoms with Crippen LogP contribution in [-0.2, 0) is 4.79 Å². The van der Waals surface area contributed by atoms with Crippen molar-refractivity contribution in [3.05, 3.63) is 23.2 Å². The molecule has 2 N–H and O–H groups in total. The molecule has 1 amide bonds. The van der Waals surface area contributed by atoms with Gasteiger partial charge in [0.15, 0.2) is 0 Å². The minimum absolute atomic E-state index is 0.0103. The number of benzene rings is 1. The van der Waals surface area contributed by atoms with E-state index in [1.807, 2.05) is 26.8 Å². The van der Waals surface area contributed by atoms with E-state index in [2.05, 4.69) is 10.6 Å². The molecule has 0 aromatic heterocycles.